The molecule has 0 spiro atoms. The molecule has 6 aromatic heterocycles. The third kappa shape index (κ3) is 13.8. The van der Waals surface area contributed by atoms with Crippen LogP contribution in [0, 0.1) is 0 Å². The molecule has 0 bridgehead atoms. The minimum atomic E-state index is 0.592. The van der Waals surface area contributed by atoms with E-state index < -0.39 is 0 Å². The van der Waals surface area contributed by atoms with Crippen molar-refractivity contribution in [2.24, 2.45) is 0 Å². The van der Waals surface area contributed by atoms with E-state index >= 15 is 0 Å². The standard InChI is InChI=1S/C63H39N3O2.C57H35N3O2/c1-4-16-40(17-5-1)47-22-10-11-23-51(47)52-27-15-31-56-55-30-14-26-50(59(55)68-60(52)56)43-34-38-46(39-35-43)63-65-61(44-20-8-3-9-21-44)64-62(66-63)45-36-32-42(33-37-45)49-25-13-29-54-53-28-12-24-48(57(53)67-58(49)54)41-18-6-2-7-19-41;1-4-14-36(15-5-1)43-20-10-24-47-49-26-12-22-45(53(49)61-51(43)47)38-28-32-41(33-29-38)56-58-55(40-18-8-3-9-19-40)59-57(60-56)42-34-30-39(31-35-42)46-23-13-27-50-48-25-11-21-44(52(48)62-54(46)50)37-16-6-2-7-17-37/h1-39H;1-35H. The number of hydrogen-bond donors (Lipinski definition) is 0. The van der Waals surface area contributed by atoms with Gasteiger partial charge in [-0.25, -0.2) is 29.9 Å². The molecule has 0 fully saturated rings. The summed E-state index contributed by atoms with van der Waals surface area (Å²) in [6.45, 7) is 0. The average molecular weight is 1660 g/mol. The number of para-hydroxylation sites is 8. The normalized spacial score (nSPS) is 11.5. The molecule has 19 aromatic carbocycles. The van der Waals surface area contributed by atoms with E-state index in [0.717, 1.165) is 210 Å². The van der Waals surface area contributed by atoms with Crippen LogP contribution in [0.5, 0.6) is 0 Å². The van der Waals surface area contributed by atoms with Gasteiger partial charge in [-0.15, -0.1) is 0 Å². The number of rotatable bonds is 15. The fraction of sp³-hybridized carbons (Fsp3) is 0. The van der Waals surface area contributed by atoms with Crippen LogP contribution in [0.15, 0.2) is 467 Å². The second kappa shape index (κ2) is 32.5. The monoisotopic (exact) mass is 1660 g/mol. The van der Waals surface area contributed by atoms with Gasteiger partial charge in [-0.3, -0.25) is 0 Å². The van der Waals surface area contributed by atoms with E-state index in [4.69, 9.17) is 47.6 Å². The molecular formula is C120H74N6O4. The molecule has 0 saturated carbocycles. The maximum Gasteiger partial charge on any atom is 0.164 e. The van der Waals surface area contributed by atoms with Gasteiger partial charge in [0, 0.05) is 121 Å². The van der Waals surface area contributed by atoms with E-state index in [1.165, 1.54) is 11.1 Å². The summed E-state index contributed by atoms with van der Waals surface area (Å²) in [5, 5.41) is 8.73. The Bertz CT molecular complexity index is 8380. The Labute approximate surface area is 747 Å². The van der Waals surface area contributed by atoms with Crippen LogP contribution < -0.4 is 0 Å². The van der Waals surface area contributed by atoms with Crippen molar-refractivity contribution in [2.75, 3.05) is 0 Å². The molecule has 10 nitrogen and oxygen atoms in total. The Kier molecular flexibility index (Phi) is 19.0. The van der Waals surface area contributed by atoms with E-state index in [0.29, 0.717) is 34.9 Å². The van der Waals surface area contributed by atoms with Gasteiger partial charge in [0.2, 0.25) is 0 Å². The van der Waals surface area contributed by atoms with Crippen LogP contribution in [0.1, 0.15) is 0 Å². The predicted molar refractivity (Wildman–Crippen MR) is 530 cm³/mol. The molecule has 0 N–H and O–H groups in total. The minimum absolute atomic E-state index is 0.592. The Morgan fingerprint density at radius 2 is 0.238 bits per heavy atom. The van der Waals surface area contributed by atoms with Crippen molar-refractivity contribution in [1.29, 1.82) is 0 Å². The first-order valence-corrected chi connectivity index (χ1v) is 43.6. The summed E-state index contributed by atoms with van der Waals surface area (Å²) in [4.78, 5) is 30.3. The molecule has 130 heavy (non-hydrogen) atoms. The van der Waals surface area contributed by atoms with Crippen LogP contribution in [-0.4, -0.2) is 29.9 Å². The summed E-state index contributed by atoms with van der Waals surface area (Å²) in [5.41, 5.74) is 31.8. The largest absolute Gasteiger partial charge is 0.455 e. The molecule has 0 radical (unpaired) electrons. The summed E-state index contributed by atoms with van der Waals surface area (Å²) in [6.07, 6.45) is 0. The van der Waals surface area contributed by atoms with E-state index in [1.54, 1.807) is 0 Å². The molecule has 608 valence electrons. The topological polar surface area (TPSA) is 130 Å². The second-order valence-electron chi connectivity index (χ2n) is 32.5. The van der Waals surface area contributed by atoms with Gasteiger partial charge in [-0.2, -0.15) is 0 Å². The second-order valence-corrected chi connectivity index (χ2v) is 32.5. The van der Waals surface area contributed by atoms with Gasteiger partial charge in [0.1, 0.15) is 44.7 Å². The molecule has 0 atom stereocenters. The summed E-state index contributed by atoms with van der Waals surface area (Å²) < 4.78 is 27.1. The highest BCUT2D eigenvalue weighted by Gasteiger charge is 2.25. The van der Waals surface area contributed by atoms with Crippen molar-refractivity contribution in [3.63, 3.8) is 0 Å². The van der Waals surface area contributed by atoms with Crippen molar-refractivity contribution < 1.29 is 17.7 Å². The highest BCUT2D eigenvalue weighted by atomic mass is 16.3. The maximum absolute atomic E-state index is 6.91. The van der Waals surface area contributed by atoms with Crippen LogP contribution in [-0.2, 0) is 0 Å². The van der Waals surface area contributed by atoms with Gasteiger partial charge in [0.05, 0.1) is 0 Å². The summed E-state index contributed by atoms with van der Waals surface area (Å²) in [6, 6.07) is 155. The number of benzene rings is 19. The number of furan rings is 4. The van der Waals surface area contributed by atoms with Gasteiger partial charge >= 0.3 is 0 Å². The molecule has 0 unspecified atom stereocenters. The van der Waals surface area contributed by atoms with Crippen LogP contribution in [0.3, 0.4) is 0 Å². The first-order valence-electron chi connectivity index (χ1n) is 43.6. The SMILES string of the molecule is c1ccc(-c2nc(-c3ccc(-c4cccc5c4oc4c(-c6ccccc6)cccc45)cc3)nc(-c3ccc(-c4cccc5c4oc4c(-c6ccccc6)cccc45)cc3)n2)cc1.c1ccc(-c2nc(-c3ccc(-c4cccc5c4oc4c(-c6ccccc6)cccc45)cc3)nc(-c3ccc(-c4cccc5c4oc4c(-c6ccccc6-c6ccccc6)cccc45)cc3)n2)cc1. The zero-order valence-electron chi connectivity index (χ0n) is 70.0. The van der Waals surface area contributed by atoms with Gasteiger partial charge in [-0.1, -0.05) is 449 Å². The van der Waals surface area contributed by atoms with Crippen molar-refractivity contribution in [3.05, 3.63) is 449 Å². The molecule has 0 amide bonds. The number of fused-ring (bicyclic) bond motifs is 12. The highest BCUT2D eigenvalue weighted by molar-refractivity contribution is 6.17. The quantitative estimate of drug-likeness (QED) is 0.0978. The summed E-state index contributed by atoms with van der Waals surface area (Å²) >= 11 is 0. The fourth-order valence-corrected chi connectivity index (χ4v) is 18.4. The van der Waals surface area contributed by atoms with Gasteiger partial charge in [-0.05, 0) is 55.6 Å². The van der Waals surface area contributed by atoms with E-state index in [2.05, 4.69) is 370 Å². The molecule has 0 saturated heterocycles. The van der Waals surface area contributed by atoms with Gasteiger partial charge in [0.25, 0.3) is 0 Å². The predicted octanol–water partition coefficient (Wildman–Crippen LogP) is 32.3. The van der Waals surface area contributed by atoms with Crippen molar-refractivity contribution in [2.45, 2.75) is 0 Å². The van der Waals surface area contributed by atoms with E-state index in [-0.39, 0.29) is 0 Å². The lowest BCUT2D eigenvalue weighted by Crippen LogP contribution is -2.00. The molecule has 25 aromatic rings. The van der Waals surface area contributed by atoms with Crippen LogP contribution in [0.4, 0.5) is 0 Å². The highest BCUT2D eigenvalue weighted by Crippen LogP contribution is 2.48. The zero-order valence-corrected chi connectivity index (χ0v) is 70.0. The molecule has 0 aliphatic rings. The van der Waals surface area contributed by atoms with E-state index in [1.807, 2.05) is 78.9 Å². The molecule has 6 heterocycles. The van der Waals surface area contributed by atoms with Gasteiger partial charge < -0.3 is 17.7 Å². The zero-order chi connectivity index (χ0) is 86.0. The Hall–Kier alpha value is -17.6. The minimum Gasteiger partial charge on any atom is -0.455 e. The fourth-order valence-electron chi connectivity index (χ4n) is 18.4. The molecule has 0 aliphatic heterocycles. The lowest BCUT2D eigenvalue weighted by Gasteiger charge is -2.10. The summed E-state index contributed by atoms with van der Waals surface area (Å²) in [7, 11) is 0. The van der Waals surface area contributed by atoms with E-state index in [9.17, 15) is 0 Å². The van der Waals surface area contributed by atoms with Crippen molar-refractivity contribution >= 4 is 87.8 Å². The molecule has 10 heteroatoms. The van der Waals surface area contributed by atoms with Crippen molar-refractivity contribution in [3.8, 4) is 168 Å². The van der Waals surface area contributed by atoms with Crippen LogP contribution >= 0.6 is 0 Å². The van der Waals surface area contributed by atoms with Crippen LogP contribution in [0.2, 0.25) is 0 Å². The van der Waals surface area contributed by atoms with Gasteiger partial charge in [0.15, 0.2) is 34.9 Å². The Balaban J connectivity index is 0.000000145. The molecular weight excluding hydrogens is 1590 g/mol. The molecule has 0 aliphatic carbocycles. The summed E-state index contributed by atoms with van der Waals surface area (Å²) in [5.74, 6) is 3.60. The van der Waals surface area contributed by atoms with Crippen LogP contribution in [0.25, 0.3) is 256 Å². The lowest BCUT2D eigenvalue weighted by atomic mass is 9.93. The number of aromatic nitrogens is 6. The number of hydrogen-bond acceptors (Lipinski definition) is 10. The van der Waals surface area contributed by atoms with Crippen molar-refractivity contribution in [1.82, 2.24) is 29.9 Å². The lowest BCUT2D eigenvalue weighted by molar-refractivity contribution is 0.670. The Morgan fingerprint density at radius 1 is 0.100 bits per heavy atom. The smallest absolute Gasteiger partial charge is 0.164 e. The Morgan fingerprint density at radius 3 is 0.454 bits per heavy atom. The third-order valence-electron chi connectivity index (χ3n) is 24.8. The number of nitrogens with zero attached hydrogens (tertiary/aromatic N) is 6. The maximum atomic E-state index is 6.91. The first-order chi connectivity index (χ1) is 64.4. The average Bonchev–Trinajstić information content (AvgIpc) is 1.61. The first kappa shape index (κ1) is 76.1. The molecule has 25 rings (SSSR count). The third-order valence-corrected chi connectivity index (χ3v) is 24.8.